The third kappa shape index (κ3) is 3.69. The number of nitrogens with two attached hydrogens (primary N) is 1. The summed E-state index contributed by atoms with van der Waals surface area (Å²) in [4.78, 5) is 13.8. The van der Waals surface area contributed by atoms with Gasteiger partial charge in [0.2, 0.25) is 5.91 Å². The molecule has 0 aromatic rings. The summed E-state index contributed by atoms with van der Waals surface area (Å²) in [6.07, 6.45) is 8.39. The summed E-state index contributed by atoms with van der Waals surface area (Å²) in [5.41, 5.74) is 4.56. The van der Waals surface area contributed by atoms with Gasteiger partial charge in [-0.25, -0.2) is 0 Å². The Bertz CT molecular complexity index is 324. The van der Waals surface area contributed by atoms with Crippen molar-refractivity contribution in [3.05, 3.63) is 0 Å². The molecule has 110 valence electrons. The first-order valence-corrected chi connectivity index (χ1v) is 7.68. The van der Waals surface area contributed by atoms with Gasteiger partial charge in [0.05, 0.1) is 11.0 Å². The zero-order valence-electron chi connectivity index (χ0n) is 12.2. The van der Waals surface area contributed by atoms with Crippen molar-refractivity contribution in [3.63, 3.8) is 0 Å². The maximum absolute atomic E-state index is 11.6. The number of carbonyl (C=O) groups is 1. The van der Waals surface area contributed by atoms with Crippen molar-refractivity contribution in [1.82, 2.24) is 4.90 Å². The van der Waals surface area contributed by atoms with E-state index < -0.39 is 11.0 Å². The van der Waals surface area contributed by atoms with Crippen LogP contribution in [0.4, 0.5) is 0 Å². The predicted octanol–water partition coefficient (Wildman–Crippen LogP) is 1.66. The van der Waals surface area contributed by atoms with Crippen LogP contribution in [-0.4, -0.2) is 41.1 Å². The zero-order valence-corrected chi connectivity index (χ0v) is 12.2. The second-order valence-corrected chi connectivity index (χ2v) is 6.88. The van der Waals surface area contributed by atoms with E-state index >= 15 is 0 Å². The molecule has 4 heteroatoms. The van der Waals surface area contributed by atoms with Gasteiger partial charge in [0.25, 0.3) is 0 Å². The number of hydrogen-bond donors (Lipinski definition) is 2. The van der Waals surface area contributed by atoms with Crippen LogP contribution in [-0.2, 0) is 4.79 Å². The number of rotatable bonds is 3. The van der Waals surface area contributed by atoms with Crippen LogP contribution in [0.3, 0.4) is 0 Å². The van der Waals surface area contributed by atoms with Gasteiger partial charge < -0.3 is 10.8 Å². The summed E-state index contributed by atoms with van der Waals surface area (Å²) >= 11 is 0. The topological polar surface area (TPSA) is 66.6 Å². The molecule has 2 rings (SSSR count). The Hall–Kier alpha value is -0.610. The van der Waals surface area contributed by atoms with Gasteiger partial charge in [-0.05, 0) is 39.2 Å². The highest BCUT2D eigenvalue weighted by molar-refractivity contribution is 5.80. The van der Waals surface area contributed by atoms with Gasteiger partial charge in [-0.1, -0.05) is 25.7 Å². The number of carbonyl (C=O) groups excluding carboxylic acids is 1. The first-order chi connectivity index (χ1) is 8.94. The van der Waals surface area contributed by atoms with Crippen molar-refractivity contribution in [2.24, 2.45) is 11.1 Å². The predicted molar refractivity (Wildman–Crippen MR) is 75.6 cm³/mol. The molecule has 1 saturated heterocycles. The highest BCUT2D eigenvalue weighted by Gasteiger charge is 2.39. The molecule has 19 heavy (non-hydrogen) atoms. The van der Waals surface area contributed by atoms with Crippen LogP contribution >= 0.6 is 0 Å². The SMILES string of the molecule is C[C@]1(C(N)=O)CCCN(CC2(O)CCCCCC2)C1. The van der Waals surface area contributed by atoms with Gasteiger partial charge in [-0.2, -0.15) is 0 Å². The molecule has 0 aromatic carbocycles. The Labute approximate surface area is 116 Å². The molecule has 1 heterocycles. The van der Waals surface area contributed by atoms with Gasteiger partial charge in [0, 0.05) is 13.1 Å². The van der Waals surface area contributed by atoms with E-state index in [9.17, 15) is 9.90 Å². The number of β-amino-alcohol motifs (C(OH)–C–C–N with tert-alkyl or cyclic N) is 1. The van der Waals surface area contributed by atoms with Crippen LogP contribution in [0.5, 0.6) is 0 Å². The van der Waals surface area contributed by atoms with Gasteiger partial charge in [0.15, 0.2) is 0 Å². The van der Waals surface area contributed by atoms with E-state index in [1.54, 1.807) is 0 Å². The number of piperidine rings is 1. The fraction of sp³-hybridized carbons (Fsp3) is 0.933. The second-order valence-electron chi connectivity index (χ2n) is 6.88. The largest absolute Gasteiger partial charge is 0.389 e. The molecule has 2 aliphatic rings. The quantitative estimate of drug-likeness (QED) is 0.765. The zero-order chi connectivity index (χ0) is 13.9. The van der Waals surface area contributed by atoms with E-state index in [1.807, 2.05) is 6.92 Å². The summed E-state index contributed by atoms with van der Waals surface area (Å²) in [5, 5.41) is 10.8. The van der Waals surface area contributed by atoms with E-state index in [1.165, 1.54) is 12.8 Å². The van der Waals surface area contributed by atoms with Gasteiger partial charge >= 0.3 is 0 Å². The van der Waals surface area contributed by atoms with E-state index in [0.29, 0.717) is 13.1 Å². The third-order valence-electron chi connectivity index (χ3n) is 4.92. The molecule has 0 radical (unpaired) electrons. The first-order valence-electron chi connectivity index (χ1n) is 7.68. The van der Waals surface area contributed by atoms with Crippen molar-refractivity contribution in [2.75, 3.05) is 19.6 Å². The average molecular weight is 268 g/mol. The maximum atomic E-state index is 11.6. The van der Waals surface area contributed by atoms with Crippen LogP contribution in [0.25, 0.3) is 0 Å². The van der Waals surface area contributed by atoms with Crippen molar-refractivity contribution >= 4 is 5.91 Å². The van der Waals surface area contributed by atoms with Crippen molar-refractivity contribution in [2.45, 2.75) is 63.9 Å². The lowest BCUT2D eigenvalue weighted by Crippen LogP contribution is -2.53. The summed E-state index contributed by atoms with van der Waals surface area (Å²) in [5.74, 6) is -0.204. The summed E-state index contributed by atoms with van der Waals surface area (Å²) in [7, 11) is 0. The molecule has 1 aliphatic heterocycles. The fourth-order valence-corrected chi connectivity index (χ4v) is 3.64. The molecule has 4 nitrogen and oxygen atoms in total. The molecule has 0 bridgehead atoms. The van der Waals surface area contributed by atoms with Crippen molar-refractivity contribution in [1.29, 1.82) is 0 Å². The minimum Gasteiger partial charge on any atom is -0.389 e. The number of hydrogen-bond acceptors (Lipinski definition) is 3. The molecule has 3 N–H and O–H groups in total. The molecule has 1 saturated carbocycles. The number of likely N-dealkylation sites (tertiary alicyclic amines) is 1. The normalized spacial score (nSPS) is 32.7. The molecule has 0 spiro atoms. The number of aliphatic hydroxyl groups is 1. The standard InChI is InChI=1S/C15H28N2O2/c1-14(13(16)18)7-6-10-17(11-14)12-15(19)8-4-2-3-5-9-15/h19H,2-12H2,1H3,(H2,16,18)/t14-/m0/s1. The van der Waals surface area contributed by atoms with Crippen molar-refractivity contribution in [3.8, 4) is 0 Å². The molecule has 2 fully saturated rings. The van der Waals surface area contributed by atoms with E-state index in [0.717, 1.165) is 45.1 Å². The van der Waals surface area contributed by atoms with Crippen LogP contribution in [0.1, 0.15) is 58.3 Å². The molecule has 0 aromatic heterocycles. The maximum Gasteiger partial charge on any atom is 0.224 e. The molecule has 1 amide bonds. The lowest BCUT2D eigenvalue weighted by molar-refractivity contribution is -0.131. The van der Waals surface area contributed by atoms with Crippen molar-refractivity contribution < 1.29 is 9.90 Å². The van der Waals surface area contributed by atoms with E-state index in [4.69, 9.17) is 5.73 Å². The average Bonchev–Trinajstić information content (AvgIpc) is 2.54. The highest BCUT2D eigenvalue weighted by atomic mass is 16.3. The Balaban J connectivity index is 1.96. The Kier molecular flexibility index (Phi) is 4.51. The lowest BCUT2D eigenvalue weighted by Gasteiger charge is -2.42. The smallest absolute Gasteiger partial charge is 0.224 e. The molecular weight excluding hydrogens is 240 g/mol. The van der Waals surface area contributed by atoms with E-state index in [-0.39, 0.29) is 5.91 Å². The highest BCUT2D eigenvalue weighted by Crippen LogP contribution is 2.33. The summed E-state index contributed by atoms with van der Waals surface area (Å²) < 4.78 is 0. The third-order valence-corrected chi connectivity index (χ3v) is 4.92. The monoisotopic (exact) mass is 268 g/mol. The van der Waals surface area contributed by atoms with Crippen LogP contribution in [0.15, 0.2) is 0 Å². The number of primary amides is 1. The van der Waals surface area contributed by atoms with Gasteiger partial charge in [0.1, 0.15) is 0 Å². The lowest BCUT2D eigenvalue weighted by atomic mass is 9.80. The second kappa shape index (κ2) is 5.80. The van der Waals surface area contributed by atoms with Crippen LogP contribution in [0, 0.1) is 5.41 Å². The number of amides is 1. The number of nitrogens with zero attached hydrogens (tertiary/aromatic N) is 1. The first kappa shape index (κ1) is 14.8. The minimum atomic E-state index is -0.549. The Morgan fingerprint density at radius 2 is 1.79 bits per heavy atom. The van der Waals surface area contributed by atoms with Gasteiger partial charge in [-0.15, -0.1) is 0 Å². The minimum absolute atomic E-state index is 0.204. The fourth-order valence-electron chi connectivity index (χ4n) is 3.64. The Morgan fingerprint density at radius 3 is 2.37 bits per heavy atom. The molecule has 1 atom stereocenters. The Morgan fingerprint density at radius 1 is 1.16 bits per heavy atom. The van der Waals surface area contributed by atoms with Crippen LogP contribution in [0.2, 0.25) is 0 Å². The van der Waals surface area contributed by atoms with Gasteiger partial charge in [-0.3, -0.25) is 9.69 Å². The molecule has 0 unspecified atom stereocenters. The van der Waals surface area contributed by atoms with Crippen LogP contribution < -0.4 is 5.73 Å². The molecule has 1 aliphatic carbocycles. The summed E-state index contributed by atoms with van der Waals surface area (Å²) in [6.45, 7) is 4.34. The molecular formula is C15H28N2O2. The summed E-state index contributed by atoms with van der Waals surface area (Å²) in [6, 6.07) is 0. The van der Waals surface area contributed by atoms with E-state index in [2.05, 4.69) is 4.90 Å².